The maximum atomic E-state index is 13.8. The van der Waals surface area contributed by atoms with Gasteiger partial charge in [0, 0.05) is 16.9 Å². The lowest BCUT2D eigenvalue weighted by Gasteiger charge is -2.42. The van der Waals surface area contributed by atoms with E-state index in [2.05, 4.69) is 20.8 Å². The van der Waals surface area contributed by atoms with E-state index < -0.39 is 5.82 Å². The minimum absolute atomic E-state index is 0.0164. The zero-order valence-electron chi connectivity index (χ0n) is 12.6. The summed E-state index contributed by atoms with van der Waals surface area (Å²) in [5, 5.41) is 0.292. The van der Waals surface area contributed by atoms with Crippen LogP contribution in [0.4, 0.5) is 4.39 Å². The highest BCUT2D eigenvalue weighted by atomic mass is 35.5. The third kappa shape index (κ3) is 2.17. The molecule has 2 bridgehead atoms. The maximum absolute atomic E-state index is 13.8. The molecule has 3 rings (SSSR count). The highest BCUT2D eigenvalue weighted by molar-refractivity contribution is 6.32. The van der Waals surface area contributed by atoms with Crippen LogP contribution in [0.25, 0.3) is 0 Å². The van der Waals surface area contributed by atoms with E-state index in [1.165, 1.54) is 18.6 Å². The smallest absolute Gasteiger partial charge is 0.153 e. The van der Waals surface area contributed by atoms with Crippen molar-refractivity contribution in [1.82, 2.24) is 0 Å². The summed E-state index contributed by atoms with van der Waals surface area (Å²) in [5.41, 5.74) is 0.138. The van der Waals surface area contributed by atoms with Gasteiger partial charge in [-0.1, -0.05) is 32.4 Å². The lowest BCUT2D eigenvalue weighted by Crippen LogP contribution is -2.44. The lowest BCUT2D eigenvalue weighted by atomic mass is 9.70. The molecule has 0 radical (unpaired) electrons. The van der Waals surface area contributed by atoms with E-state index in [9.17, 15) is 9.18 Å². The Kier molecular flexibility index (Phi) is 3.32. The fourth-order valence-corrected chi connectivity index (χ4v) is 4.62. The molecule has 21 heavy (non-hydrogen) atoms. The van der Waals surface area contributed by atoms with Crippen molar-refractivity contribution in [2.45, 2.75) is 46.1 Å². The first-order valence-electron chi connectivity index (χ1n) is 7.39. The van der Waals surface area contributed by atoms with Crippen LogP contribution in [0.3, 0.4) is 0 Å². The van der Waals surface area contributed by atoms with Gasteiger partial charge < -0.3 is 4.74 Å². The fraction of sp³-hybridized carbons (Fsp3) is 0.588. The number of hydrogen-bond donors (Lipinski definition) is 0. The van der Waals surface area contributed by atoms with Gasteiger partial charge in [-0.05, 0) is 31.2 Å². The van der Waals surface area contributed by atoms with Crippen LogP contribution in [0.2, 0.25) is 5.02 Å². The number of carbonyl (C=O) groups excluding carboxylic acids is 1. The zero-order chi connectivity index (χ0) is 15.4. The van der Waals surface area contributed by atoms with Crippen LogP contribution in [0.5, 0.6) is 5.75 Å². The molecule has 3 atom stereocenters. The van der Waals surface area contributed by atoms with E-state index in [1.807, 2.05) is 0 Å². The van der Waals surface area contributed by atoms with E-state index in [-0.39, 0.29) is 22.5 Å². The number of ether oxygens (including phenoxy) is 1. The Morgan fingerprint density at radius 2 is 2.10 bits per heavy atom. The van der Waals surface area contributed by atoms with Gasteiger partial charge in [0.15, 0.2) is 6.29 Å². The second kappa shape index (κ2) is 4.70. The van der Waals surface area contributed by atoms with Crippen LogP contribution in [-0.2, 0) is 0 Å². The number of aldehydes is 1. The maximum Gasteiger partial charge on any atom is 0.153 e. The molecular formula is C17H20ClFO2. The van der Waals surface area contributed by atoms with Crippen LogP contribution >= 0.6 is 11.6 Å². The van der Waals surface area contributed by atoms with Gasteiger partial charge in [-0.3, -0.25) is 4.79 Å². The molecule has 1 aromatic carbocycles. The molecule has 0 heterocycles. The number of carbonyl (C=O) groups is 1. The third-order valence-corrected chi connectivity index (χ3v) is 5.86. The molecule has 2 unspecified atom stereocenters. The lowest BCUT2D eigenvalue weighted by molar-refractivity contribution is -0.0144. The molecule has 0 saturated heterocycles. The van der Waals surface area contributed by atoms with Gasteiger partial charge in [-0.2, -0.15) is 0 Å². The number of fused-ring (bicyclic) bond motifs is 2. The summed E-state index contributed by atoms with van der Waals surface area (Å²) in [6.45, 7) is 6.68. The topological polar surface area (TPSA) is 26.3 Å². The largest absolute Gasteiger partial charge is 0.488 e. The first kappa shape index (κ1) is 14.8. The second-order valence-corrected chi connectivity index (χ2v) is 7.74. The molecule has 2 aliphatic carbocycles. The molecule has 0 aromatic heterocycles. The van der Waals surface area contributed by atoms with E-state index in [4.69, 9.17) is 16.3 Å². The van der Waals surface area contributed by atoms with Crippen molar-refractivity contribution in [2.24, 2.45) is 16.7 Å². The minimum atomic E-state index is -0.587. The molecule has 0 spiro atoms. The van der Waals surface area contributed by atoms with Crippen LogP contribution in [-0.4, -0.2) is 12.4 Å². The fourth-order valence-electron chi connectivity index (χ4n) is 4.40. The second-order valence-electron chi connectivity index (χ2n) is 7.34. The average molecular weight is 311 g/mol. The van der Waals surface area contributed by atoms with Crippen molar-refractivity contribution in [2.75, 3.05) is 0 Å². The van der Waals surface area contributed by atoms with Crippen LogP contribution in [0.1, 0.15) is 50.4 Å². The Morgan fingerprint density at radius 3 is 2.67 bits per heavy atom. The van der Waals surface area contributed by atoms with Crippen molar-refractivity contribution in [3.63, 3.8) is 0 Å². The summed E-state index contributed by atoms with van der Waals surface area (Å²) >= 11 is 6.15. The molecule has 2 saturated carbocycles. The number of benzene rings is 1. The highest BCUT2D eigenvalue weighted by Gasteiger charge is 2.61. The van der Waals surface area contributed by atoms with E-state index in [0.717, 1.165) is 12.8 Å². The monoisotopic (exact) mass is 310 g/mol. The molecule has 0 amide bonds. The van der Waals surface area contributed by atoms with E-state index >= 15 is 0 Å². The highest BCUT2D eigenvalue weighted by Crippen LogP contribution is 2.63. The normalized spacial score (nSPS) is 33.2. The predicted octanol–water partition coefficient (Wildman–Crippen LogP) is 4.89. The van der Waals surface area contributed by atoms with Gasteiger partial charge in [0.2, 0.25) is 0 Å². The Labute approximate surface area is 129 Å². The minimum Gasteiger partial charge on any atom is -0.488 e. The predicted molar refractivity (Wildman–Crippen MR) is 80.4 cm³/mol. The van der Waals surface area contributed by atoms with Gasteiger partial charge in [0.1, 0.15) is 17.7 Å². The van der Waals surface area contributed by atoms with Crippen molar-refractivity contribution < 1.29 is 13.9 Å². The van der Waals surface area contributed by atoms with Crippen LogP contribution in [0, 0.1) is 22.6 Å². The van der Waals surface area contributed by atoms with E-state index in [0.29, 0.717) is 23.0 Å². The Hall–Kier alpha value is -1.09. The zero-order valence-corrected chi connectivity index (χ0v) is 13.3. The number of halogens is 2. The molecule has 4 heteroatoms. The summed E-state index contributed by atoms with van der Waals surface area (Å²) in [4.78, 5) is 10.8. The number of rotatable bonds is 3. The molecule has 2 nitrogen and oxygen atoms in total. The third-order valence-electron chi connectivity index (χ3n) is 5.56. The average Bonchev–Trinajstić information content (AvgIpc) is 2.89. The summed E-state index contributed by atoms with van der Waals surface area (Å²) < 4.78 is 20.0. The van der Waals surface area contributed by atoms with Crippen molar-refractivity contribution >= 4 is 17.9 Å². The standard InChI is InChI=1S/C17H20ClFO2/c1-16(2)11-4-5-17(3,8-11)15(16)21-14-7-13(19)10(9-20)6-12(14)18/h6-7,9,11,15H,4-5,8H2,1-3H3/t11?,15-,17?/m0/s1. The van der Waals surface area contributed by atoms with Crippen molar-refractivity contribution in [3.8, 4) is 5.75 Å². The van der Waals surface area contributed by atoms with Crippen molar-refractivity contribution in [3.05, 3.63) is 28.5 Å². The first-order chi connectivity index (χ1) is 9.78. The molecule has 2 fully saturated rings. The number of hydrogen-bond acceptors (Lipinski definition) is 2. The van der Waals surface area contributed by atoms with E-state index in [1.54, 1.807) is 0 Å². The first-order valence-corrected chi connectivity index (χ1v) is 7.76. The van der Waals surface area contributed by atoms with Crippen LogP contribution in [0.15, 0.2) is 12.1 Å². The van der Waals surface area contributed by atoms with Crippen molar-refractivity contribution in [1.29, 1.82) is 0 Å². The van der Waals surface area contributed by atoms with Crippen LogP contribution < -0.4 is 4.74 Å². The molecule has 2 aliphatic rings. The van der Waals surface area contributed by atoms with Gasteiger partial charge in [-0.25, -0.2) is 4.39 Å². The Balaban J connectivity index is 1.94. The molecule has 1 aromatic rings. The van der Waals surface area contributed by atoms with Gasteiger partial charge in [0.05, 0.1) is 10.6 Å². The summed E-state index contributed by atoms with van der Waals surface area (Å²) in [6.07, 6.45) is 4.00. The molecule has 114 valence electrons. The molecular weight excluding hydrogens is 291 g/mol. The Morgan fingerprint density at radius 1 is 1.38 bits per heavy atom. The molecule has 0 N–H and O–H groups in total. The summed E-state index contributed by atoms with van der Waals surface area (Å²) in [5.74, 6) is 0.396. The summed E-state index contributed by atoms with van der Waals surface area (Å²) in [7, 11) is 0. The van der Waals surface area contributed by atoms with Gasteiger partial charge in [0.25, 0.3) is 0 Å². The van der Waals surface area contributed by atoms with Gasteiger partial charge in [-0.15, -0.1) is 0 Å². The quantitative estimate of drug-likeness (QED) is 0.743. The molecule has 0 aliphatic heterocycles. The summed E-state index contributed by atoms with van der Waals surface area (Å²) in [6, 6.07) is 2.57. The van der Waals surface area contributed by atoms with Gasteiger partial charge >= 0.3 is 0 Å². The SMILES string of the molecule is CC12CCC(C1)C(C)(C)[C@@H]2Oc1cc(F)c(C=O)cc1Cl. The Bertz CT molecular complexity index is 594.